The summed E-state index contributed by atoms with van der Waals surface area (Å²) in [6.07, 6.45) is 2.72. The zero-order valence-electron chi connectivity index (χ0n) is 15.8. The Morgan fingerprint density at radius 3 is 2.41 bits per heavy atom. The Morgan fingerprint density at radius 1 is 1.17 bits per heavy atom. The first-order chi connectivity index (χ1) is 13.9. The summed E-state index contributed by atoms with van der Waals surface area (Å²) in [6.45, 7) is 1.64. The Labute approximate surface area is 167 Å². The van der Waals surface area contributed by atoms with Crippen LogP contribution in [0.25, 0.3) is 6.08 Å². The molecule has 0 aromatic heterocycles. The molecular weight excluding hydrogens is 374 g/mol. The average molecular weight is 393 g/mol. The van der Waals surface area contributed by atoms with Crippen molar-refractivity contribution in [2.45, 2.75) is 13.3 Å². The number of non-ortho nitro benzene ring substituents is 1. The van der Waals surface area contributed by atoms with Crippen molar-refractivity contribution in [3.8, 4) is 6.07 Å². The maximum absolute atomic E-state index is 12.5. The van der Waals surface area contributed by atoms with Gasteiger partial charge in [0.2, 0.25) is 0 Å². The number of benzene rings is 2. The van der Waals surface area contributed by atoms with Crippen LogP contribution in [0, 0.1) is 28.4 Å². The summed E-state index contributed by atoms with van der Waals surface area (Å²) >= 11 is 0. The van der Waals surface area contributed by atoms with Crippen LogP contribution in [0.1, 0.15) is 17.5 Å². The number of nitro groups is 1. The molecule has 0 unspecified atom stereocenters. The van der Waals surface area contributed by atoms with Gasteiger partial charge in [0.15, 0.2) is 6.61 Å². The molecule has 29 heavy (non-hydrogen) atoms. The number of nitro benzene ring substituents is 1. The molecule has 0 saturated carbocycles. The van der Waals surface area contributed by atoms with E-state index in [4.69, 9.17) is 10.00 Å². The summed E-state index contributed by atoms with van der Waals surface area (Å²) in [5.41, 5.74) is 2.18. The van der Waals surface area contributed by atoms with E-state index in [2.05, 4.69) is 0 Å². The second-order valence-corrected chi connectivity index (χ2v) is 6.08. The first-order valence-electron chi connectivity index (χ1n) is 8.74. The summed E-state index contributed by atoms with van der Waals surface area (Å²) in [7, 11) is 0. The van der Waals surface area contributed by atoms with Gasteiger partial charge in [-0.05, 0) is 42.8 Å². The lowest BCUT2D eigenvalue weighted by molar-refractivity contribution is -0.384. The smallest absolute Gasteiger partial charge is 0.331 e. The van der Waals surface area contributed by atoms with Gasteiger partial charge < -0.3 is 9.64 Å². The van der Waals surface area contributed by atoms with Crippen LogP contribution in [0.2, 0.25) is 0 Å². The lowest BCUT2D eigenvalue weighted by atomic mass is 10.2. The number of rotatable bonds is 8. The minimum absolute atomic E-state index is 0.0520. The van der Waals surface area contributed by atoms with Crippen LogP contribution in [0.15, 0.2) is 54.6 Å². The first kappa shape index (κ1) is 21.3. The van der Waals surface area contributed by atoms with Crippen LogP contribution in [-0.2, 0) is 14.3 Å². The number of nitrogens with zero attached hydrogens (tertiary/aromatic N) is 3. The highest BCUT2D eigenvalue weighted by atomic mass is 16.6. The maximum Gasteiger partial charge on any atom is 0.331 e. The van der Waals surface area contributed by atoms with Crippen molar-refractivity contribution in [2.75, 3.05) is 18.1 Å². The van der Waals surface area contributed by atoms with Crippen LogP contribution >= 0.6 is 0 Å². The SMILES string of the molecule is Cc1ccc(N(CCC#N)C(=O)COC(=O)/C=C/c2ccc([N+](=O)[O-])cc2)cc1. The fourth-order valence-corrected chi connectivity index (χ4v) is 2.41. The zero-order chi connectivity index (χ0) is 21.2. The Balaban J connectivity index is 1.95. The van der Waals surface area contributed by atoms with E-state index in [1.807, 2.05) is 25.1 Å². The molecule has 8 nitrogen and oxygen atoms in total. The summed E-state index contributed by atoms with van der Waals surface area (Å²) in [4.78, 5) is 35.9. The Morgan fingerprint density at radius 2 is 1.83 bits per heavy atom. The number of anilines is 1. The van der Waals surface area contributed by atoms with E-state index in [0.29, 0.717) is 11.3 Å². The minimum Gasteiger partial charge on any atom is -0.452 e. The second-order valence-electron chi connectivity index (χ2n) is 6.08. The van der Waals surface area contributed by atoms with E-state index in [9.17, 15) is 19.7 Å². The Kier molecular flexibility index (Phi) is 7.62. The number of carbonyl (C=O) groups is 2. The van der Waals surface area contributed by atoms with Crippen molar-refractivity contribution in [1.82, 2.24) is 0 Å². The maximum atomic E-state index is 12.5. The van der Waals surface area contributed by atoms with Gasteiger partial charge in [0.25, 0.3) is 11.6 Å². The molecule has 2 rings (SSSR count). The molecule has 0 saturated heterocycles. The van der Waals surface area contributed by atoms with Crippen LogP contribution in [-0.4, -0.2) is 30.0 Å². The minimum atomic E-state index is -0.721. The van der Waals surface area contributed by atoms with Crippen molar-refractivity contribution in [3.05, 3.63) is 75.8 Å². The van der Waals surface area contributed by atoms with Gasteiger partial charge in [0.1, 0.15) is 0 Å². The van der Waals surface area contributed by atoms with Gasteiger partial charge in [-0.15, -0.1) is 0 Å². The van der Waals surface area contributed by atoms with Crippen molar-refractivity contribution in [3.63, 3.8) is 0 Å². The van der Waals surface area contributed by atoms with Crippen LogP contribution in [0.4, 0.5) is 11.4 Å². The van der Waals surface area contributed by atoms with Gasteiger partial charge >= 0.3 is 5.97 Å². The molecule has 8 heteroatoms. The van der Waals surface area contributed by atoms with Crippen molar-refractivity contribution >= 4 is 29.3 Å². The Bertz CT molecular complexity index is 944. The summed E-state index contributed by atoms with van der Waals surface area (Å²) in [5.74, 6) is -1.16. The molecule has 0 aliphatic heterocycles. The van der Waals surface area contributed by atoms with E-state index in [-0.39, 0.29) is 18.7 Å². The molecular formula is C21H19N3O5. The topological polar surface area (TPSA) is 114 Å². The molecule has 0 aliphatic carbocycles. The molecule has 2 aromatic carbocycles. The predicted octanol–water partition coefficient (Wildman–Crippen LogP) is 3.41. The van der Waals surface area contributed by atoms with Crippen LogP contribution < -0.4 is 4.90 Å². The fourth-order valence-electron chi connectivity index (χ4n) is 2.41. The number of nitriles is 1. The zero-order valence-corrected chi connectivity index (χ0v) is 15.8. The molecule has 0 atom stereocenters. The van der Waals surface area contributed by atoms with E-state index < -0.39 is 23.4 Å². The van der Waals surface area contributed by atoms with Crippen LogP contribution in [0.5, 0.6) is 0 Å². The average Bonchev–Trinajstić information content (AvgIpc) is 2.72. The Hall–Kier alpha value is -3.99. The number of hydrogen-bond acceptors (Lipinski definition) is 6. The van der Waals surface area contributed by atoms with E-state index in [1.54, 1.807) is 12.1 Å². The third-order valence-electron chi connectivity index (χ3n) is 3.95. The number of hydrogen-bond donors (Lipinski definition) is 0. The molecule has 0 N–H and O–H groups in total. The number of aryl methyl sites for hydroxylation is 1. The monoisotopic (exact) mass is 393 g/mol. The third-order valence-corrected chi connectivity index (χ3v) is 3.95. The van der Waals surface area contributed by atoms with Gasteiger partial charge in [-0.3, -0.25) is 14.9 Å². The van der Waals surface area contributed by atoms with Crippen molar-refractivity contribution in [1.29, 1.82) is 5.26 Å². The quantitative estimate of drug-likeness (QED) is 0.294. The fraction of sp³-hybridized carbons (Fsp3) is 0.190. The lowest BCUT2D eigenvalue weighted by Gasteiger charge is -2.21. The normalized spacial score (nSPS) is 10.3. The largest absolute Gasteiger partial charge is 0.452 e. The van der Waals surface area contributed by atoms with E-state index in [0.717, 1.165) is 11.6 Å². The van der Waals surface area contributed by atoms with Gasteiger partial charge in [0, 0.05) is 30.4 Å². The summed E-state index contributed by atoms with van der Waals surface area (Å²) < 4.78 is 4.99. The van der Waals surface area contributed by atoms with E-state index in [1.165, 1.54) is 35.2 Å². The number of ether oxygens (including phenoxy) is 1. The molecule has 0 spiro atoms. The molecule has 0 aliphatic rings. The van der Waals surface area contributed by atoms with Gasteiger partial charge in [-0.2, -0.15) is 5.26 Å². The summed E-state index contributed by atoms with van der Waals surface area (Å²) in [6, 6.07) is 14.9. The number of carbonyl (C=O) groups excluding carboxylic acids is 2. The molecule has 0 bridgehead atoms. The van der Waals surface area contributed by atoms with Gasteiger partial charge in [-0.25, -0.2) is 4.79 Å². The van der Waals surface area contributed by atoms with Crippen LogP contribution in [0.3, 0.4) is 0 Å². The van der Waals surface area contributed by atoms with E-state index >= 15 is 0 Å². The summed E-state index contributed by atoms with van der Waals surface area (Å²) in [5, 5.41) is 19.4. The molecule has 2 aromatic rings. The highest BCUT2D eigenvalue weighted by Crippen LogP contribution is 2.16. The molecule has 0 fully saturated rings. The highest BCUT2D eigenvalue weighted by molar-refractivity contribution is 5.96. The van der Waals surface area contributed by atoms with Gasteiger partial charge in [0.05, 0.1) is 17.4 Å². The lowest BCUT2D eigenvalue weighted by Crippen LogP contribution is -2.35. The molecule has 1 amide bonds. The van der Waals surface area contributed by atoms with Crippen molar-refractivity contribution in [2.24, 2.45) is 0 Å². The van der Waals surface area contributed by atoms with Gasteiger partial charge in [-0.1, -0.05) is 17.7 Å². The second kappa shape index (κ2) is 10.4. The standard InChI is InChI=1S/C21H19N3O5/c1-16-3-8-18(9-4-16)23(14-2-13-22)20(25)15-29-21(26)12-7-17-5-10-19(11-6-17)24(27)28/h3-12H,2,14-15H2,1H3/b12-7+. The highest BCUT2D eigenvalue weighted by Gasteiger charge is 2.17. The third kappa shape index (κ3) is 6.59. The molecule has 148 valence electrons. The number of esters is 1. The molecule has 0 radical (unpaired) electrons. The predicted molar refractivity (Wildman–Crippen MR) is 107 cm³/mol. The van der Waals surface area contributed by atoms with Crippen molar-refractivity contribution < 1.29 is 19.2 Å². The molecule has 0 heterocycles. The number of amides is 1. The first-order valence-corrected chi connectivity index (χ1v) is 8.74.